The number of carbonyl (C=O) groups excluding carboxylic acids is 2. The summed E-state index contributed by atoms with van der Waals surface area (Å²) < 4.78 is 5.70. The first-order chi connectivity index (χ1) is 11.1. The van der Waals surface area contributed by atoms with E-state index in [1.54, 1.807) is 0 Å². The Morgan fingerprint density at radius 1 is 1.35 bits per heavy atom. The van der Waals surface area contributed by atoms with Crippen LogP contribution in [0.5, 0.6) is 0 Å². The van der Waals surface area contributed by atoms with Gasteiger partial charge < -0.3 is 15.4 Å². The van der Waals surface area contributed by atoms with Crippen LogP contribution in [0.4, 0.5) is 5.69 Å². The van der Waals surface area contributed by atoms with E-state index < -0.39 is 0 Å². The molecule has 0 spiro atoms. The molecule has 1 heterocycles. The van der Waals surface area contributed by atoms with Gasteiger partial charge in [0.15, 0.2) is 0 Å². The zero-order valence-electron chi connectivity index (χ0n) is 13.6. The third-order valence-corrected chi connectivity index (χ3v) is 4.63. The van der Waals surface area contributed by atoms with Gasteiger partial charge in [-0.2, -0.15) is 0 Å². The highest BCUT2D eigenvalue weighted by Crippen LogP contribution is 2.26. The highest BCUT2D eigenvalue weighted by atomic mass is 16.5. The third kappa shape index (κ3) is 4.10. The van der Waals surface area contributed by atoms with Gasteiger partial charge in [0.25, 0.3) is 0 Å². The third-order valence-electron chi connectivity index (χ3n) is 4.63. The van der Waals surface area contributed by atoms with Crippen molar-refractivity contribution in [2.45, 2.75) is 57.6 Å². The number of hydrogen-bond acceptors (Lipinski definition) is 3. The van der Waals surface area contributed by atoms with E-state index in [9.17, 15) is 9.59 Å². The Morgan fingerprint density at radius 3 is 2.91 bits per heavy atom. The lowest BCUT2D eigenvalue weighted by Gasteiger charge is -2.22. The molecule has 124 valence electrons. The van der Waals surface area contributed by atoms with E-state index in [1.165, 1.54) is 19.3 Å². The van der Waals surface area contributed by atoms with Crippen molar-refractivity contribution in [3.63, 3.8) is 0 Å². The zero-order valence-corrected chi connectivity index (χ0v) is 13.6. The minimum atomic E-state index is -0.0987. The Morgan fingerprint density at radius 2 is 2.13 bits per heavy atom. The number of nitrogens with one attached hydrogen (secondary N) is 2. The molecule has 3 rings (SSSR count). The molecule has 0 unspecified atom stereocenters. The van der Waals surface area contributed by atoms with Gasteiger partial charge in [0.2, 0.25) is 11.8 Å². The Kier molecular flexibility index (Phi) is 4.96. The quantitative estimate of drug-likeness (QED) is 0.877. The van der Waals surface area contributed by atoms with Crippen LogP contribution in [-0.2, 0) is 20.7 Å². The van der Waals surface area contributed by atoms with Gasteiger partial charge in [-0.3, -0.25) is 9.59 Å². The van der Waals surface area contributed by atoms with Gasteiger partial charge in [0.05, 0.1) is 18.6 Å². The Bertz CT molecular complexity index is 594. The summed E-state index contributed by atoms with van der Waals surface area (Å²) in [4.78, 5) is 23.4. The molecular weight excluding hydrogens is 292 g/mol. The first-order valence-electron chi connectivity index (χ1n) is 8.45. The SMILES string of the molecule is C[C@@H](NC(=O)COC1CCCCC1)c1ccc2c(c1)CC(=O)N2. The van der Waals surface area contributed by atoms with Gasteiger partial charge in [-0.1, -0.05) is 31.4 Å². The summed E-state index contributed by atoms with van der Waals surface area (Å²) in [7, 11) is 0. The molecule has 1 aromatic rings. The lowest BCUT2D eigenvalue weighted by Crippen LogP contribution is -2.32. The van der Waals surface area contributed by atoms with Crippen molar-refractivity contribution in [2.75, 3.05) is 11.9 Å². The number of hydrogen-bond donors (Lipinski definition) is 2. The molecule has 2 amide bonds. The van der Waals surface area contributed by atoms with Crippen LogP contribution in [0.25, 0.3) is 0 Å². The maximum atomic E-state index is 12.1. The number of carbonyl (C=O) groups is 2. The van der Waals surface area contributed by atoms with Crippen molar-refractivity contribution >= 4 is 17.5 Å². The maximum absolute atomic E-state index is 12.1. The van der Waals surface area contributed by atoms with Gasteiger partial charge in [-0.25, -0.2) is 0 Å². The van der Waals surface area contributed by atoms with Crippen LogP contribution in [-0.4, -0.2) is 24.5 Å². The van der Waals surface area contributed by atoms with E-state index in [4.69, 9.17) is 4.74 Å². The molecule has 0 aromatic heterocycles. The number of benzene rings is 1. The van der Waals surface area contributed by atoms with E-state index in [0.29, 0.717) is 6.42 Å². The van der Waals surface area contributed by atoms with Crippen molar-refractivity contribution in [1.29, 1.82) is 0 Å². The minimum absolute atomic E-state index is 0.0229. The van der Waals surface area contributed by atoms with Crippen LogP contribution in [0.2, 0.25) is 0 Å². The van der Waals surface area contributed by atoms with Crippen LogP contribution >= 0.6 is 0 Å². The van der Waals surface area contributed by atoms with Gasteiger partial charge in [0, 0.05) is 5.69 Å². The fraction of sp³-hybridized carbons (Fsp3) is 0.556. The van der Waals surface area contributed by atoms with E-state index in [1.807, 2.05) is 25.1 Å². The van der Waals surface area contributed by atoms with Gasteiger partial charge in [-0.05, 0) is 37.0 Å². The molecule has 1 aliphatic carbocycles. The molecule has 5 nitrogen and oxygen atoms in total. The Balaban J connectivity index is 1.50. The molecule has 0 radical (unpaired) electrons. The van der Waals surface area contributed by atoms with Crippen molar-refractivity contribution < 1.29 is 14.3 Å². The van der Waals surface area contributed by atoms with Crippen LogP contribution in [0, 0.1) is 0 Å². The number of rotatable bonds is 5. The normalized spacial score (nSPS) is 19.1. The molecule has 23 heavy (non-hydrogen) atoms. The first kappa shape index (κ1) is 16.0. The molecule has 0 bridgehead atoms. The van der Waals surface area contributed by atoms with Gasteiger partial charge in [-0.15, -0.1) is 0 Å². The minimum Gasteiger partial charge on any atom is -0.368 e. The molecule has 1 aromatic carbocycles. The van der Waals surface area contributed by atoms with Gasteiger partial charge in [0.1, 0.15) is 6.61 Å². The van der Waals surface area contributed by atoms with Crippen LogP contribution in [0.15, 0.2) is 18.2 Å². The highest BCUT2D eigenvalue weighted by Gasteiger charge is 2.20. The van der Waals surface area contributed by atoms with Crippen LogP contribution in [0.1, 0.15) is 56.2 Å². The summed E-state index contributed by atoms with van der Waals surface area (Å²) in [5.74, 6) is -0.0625. The fourth-order valence-corrected chi connectivity index (χ4v) is 3.31. The van der Waals surface area contributed by atoms with E-state index in [0.717, 1.165) is 29.7 Å². The van der Waals surface area contributed by atoms with Crippen LogP contribution < -0.4 is 10.6 Å². The second kappa shape index (κ2) is 7.13. The van der Waals surface area contributed by atoms with E-state index in [-0.39, 0.29) is 30.6 Å². The monoisotopic (exact) mass is 316 g/mol. The van der Waals surface area contributed by atoms with Crippen LogP contribution in [0.3, 0.4) is 0 Å². The number of anilines is 1. The lowest BCUT2D eigenvalue weighted by atomic mass is 9.98. The Hall–Kier alpha value is -1.88. The zero-order chi connectivity index (χ0) is 16.2. The molecule has 5 heteroatoms. The molecule has 1 fully saturated rings. The molecule has 0 saturated heterocycles. The number of fused-ring (bicyclic) bond motifs is 1. The smallest absolute Gasteiger partial charge is 0.246 e. The molecular formula is C18H24N2O3. The first-order valence-corrected chi connectivity index (χ1v) is 8.45. The summed E-state index contributed by atoms with van der Waals surface area (Å²) in [5, 5.41) is 5.78. The largest absolute Gasteiger partial charge is 0.368 e. The second-order valence-electron chi connectivity index (χ2n) is 6.50. The van der Waals surface area contributed by atoms with E-state index in [2.05, 4.69) is 10.6 Å². The predicted octanol–water partition coefficient (Wildman–Crippen LogP) is 2.71. The van der Waals surface area contributed by atoms with Crippen molar-refractivity contribution in [3.8, 4) is 0 Å². The molecule has 2 aliphatic rings. The summed E-state index contributed by atoms with van der Waals surface area (Å²) in [6, 6.07) is 5.73. The second-order valence-corrected chi connectivity index (χ2v) is 6.50. The predicted molar refractivity (Wildman–Crippen MR) is 88.2 cm³/mol. The average molecular weight is 316 g/mol. The lowest BCUT2D eigenvalue weighted by molar-refractivity contribution is -0.129. The summed E-state index contributed by atoms with van der Waals surface area (Å²) >= 11 is 0. The summed E-state index contributed by atoms with van der Waals surface area (Å²) in [6.07, 6.45) is 6.45. The maximum Gasteiger partial charge on any atom is 0.246 e. The number of amides is 2. The highest BCUT2D eigenvalue weighted by molar-refractivity contribution is 5.99. The summed E-state index contributed by atoms with van der Waals surface area (Å²) in [6.45, 7) is 2.07. The molecule has 1 aliphatic heterocycles. The molecule has 1 atom stereocenters. The van der Waals surface area contributed by atoms with Crippen molar-refractivity contribution in [3.05, 3.63) is 29.3 Å². The van der Waals surface area contributed by atoms with E-state index >= 15 is 0 Å². The van der Waals surface area contributed by atoms with Crippen molar-refractivity contribution in [1.82, 2.24) is 5.32 Å². The van der Waals surface area contributed by atoms with Crippen molar-refractivity contribution in [2.24, 2.45) is 0 Å². The number of ether oxygens (including phenoxy) is 1. The average Bonchev–Trinajstić information content (AvgIpc) is 2.93. The summed E-state index contributed by atoms with van der Waals surface area (Å²) in [5.41, 5.74) is 2.87. The Labute approximate surface area is 136 Å². The molecule has 1 saturated carbocycles. The molecule has 2 N–H and O–H groups in total. The van der Waals surface area contributed by atoms with Gasteiger partial charge >= 0.3 is 0 Å². The standard InChI is InChI=1S/C18H24N2O3/c1-12(13-7-8-16-14(9-13)10-17(21)20-16)19-18(22)11-23-15-5-3-2-4-6-15/h7-9,12,15H,2-6,10-11H2,1H3,(H,19,22)(H,20,21)/t12-/m1/s1. The topological polar surface area (TPSA) is 67.4 Å². The fourth-order valence-electron chi connectivity index (χ4n) is 3.31.